The summed E-state index contributed by atoms with van der Waals surface area (Å²) in [6.45, 7) is 5.67. The molecule has 34 heavy (non-hydrogen) atoms. The molecule has 0 aliphatic heterocycles. The number of carbonyl (C=O) groups excluding carboxylic acids is 1. The van der Waals surface area contributed by atoms with E-state index in [0.717, 1.165) is 55.2 Å². The molecule has 0 N–H and O–H groups in total. The Kier molecular flexibility index (Phi) is 7.64. The number of fused-ring (bicyclic) bond motifs is 3. The fraction of sp³-hybridized carbons (Fsp3) is 0.720. The molecule has 2 heterocycles. The van der Waals surface area contributed by atoms with E-state index in [0.29, 0.717) is 11.8 Å². The molecule has 1 fully saturated rings. The van der Waals surface area contributed by atoms with Crippen LogP contribution >= 0.6 is 11.3 Å². The molecule has 2 aliphatic rings. The molecule has 9 heteroatoms. The van der Waals surface area contributed by atoms with E-state index in [1.807, 2.05) is 27.8 Å². The highest BCUT2D eigenvalue weighted by Crippen LogP contribution is 2.48. The molecule has 0 radical (unpaired) electrons. The van der Waals surface area contributed by atoms with Crippen LogP contribution in [0, 0.1) is 0 Å². The van der Waals surface area contributed by atoms with E-state index in [2.05, 4.69) is 9.97 Å². The van der Waals surface area contributed by atoms with Gasteiger partial charge >= 0.3 is 6.09 Å². The summed E-state index contributed by atoms with van der Waals surface area (Å²) in [5.41, 5.74) is 0.822. The summed E-state index contributed by atoms with van der Waals surface area (Å²) in [6.07, 6.45) is 7.61. The van der Waals surface area contributed by atoms with E-state index in [1.54, 1.807) is 36.8 Å². The van der Waals surface area contributed by atoms with Gasteiger partial charge in [-0.05, 0) is 70.8 Å². The summed E-state index contributed by atoms with van der Waals surface area (Å²) in [5.74, 6) is 1.03. The Morgan fingerprint density at radius 1 is 1.15 bits per heavy atom. The number of aromatic nitrogens is 2. The van der Waals surface area contributed by atoms with E-state index in [-0.39, 0.29) is 24.5 Å². The second kappa shape index (κ2) is 10.3. The van der Waals surface area contributed by atoms with Crippen molar-refractivity contribution in [1.29, 1.82) is 0 Å². The molecule has 1 amide bonds. The van der Waals surface area contributed by atoms with Crippen molar-refractivity contribution in [3.63, 3.8) is 0 Å². The largest absolute Gasteiger partial charge is 0.474 e. The number of rotatable bonds is 7. The summed E-state index contributed by atoms with van der Waals surface area (Å²) >= 11 is 1.75. The first kappa shape index (κ1) is 25.1. The number of carbonyl (C=O) groups is 1. The van der Waals surface area contributed by atoms with Gasteiger partial charge in [0, 0.05) is 38.6 Å². The standard InChI is InChI=1S/C25H37N3O5S/c1-25(2,3)33-24(29)28(4)16-8-10-17(11-9-16)32-22-21-20-15(13-19(30-5)31-6)7-12-18(20)34-23(21)27-14-26-22/h14-17,19H,7-13H2,1-6H3. The van der Waals surface area contributed by atoms with E-state index < -0.39 is 5.60 Å². The molecule has 1 saturated carbocycles. The summed E-state index contributed by atoms with van der Waals surface area (Å²) in [5, 5.41) is 1.06. The number of aryl methyl sites for hydroxylation is 1. The minimum absolute atomic E-state index is 0.0717. The molecule has 0 spiro atoms. The van der Waals surface area contributed by atoms with Crippen LogP contribution < -0.4 is 4.74 Å². The summed E-state index contributed by atoms with van der Waals surface area (Å²) in [6, 6.07) is 0.162. The lowest BCUT2D eigenvalue weighted by molar-refractivity contribution is -0.109. The fourth-order valence-corrected chi connectivity index (χ4v) is 6.31. The third-order valence-corrected chi connectivity index (χ3v) is 8.02. The zero-order chi connectivity index (χ0) is 24.5. The molecule has 2 aromatic heterocycles. The van der Waals surface area contributed by atoms with Crippen LogP contribution in [0.3, 0.4) is 0 Å². The minimum atomic E-state index is -0.491. The topological polar surface area (TPSA) is 83.0 Å². The van der Waals surface area contributed by atoms with Crippen LogP contribution in [-0.2, 0) is 20.6 Å². The number of thiophene rings is 1. The van der Waals surface area contributed by atoms with E-state index >= 15 is 0 Å². The van der Waals surface area contributed by atoms with Gasteiger partial charge in [-0.2, -0.15) is 0 Å². The van der Waals surface area contributed by atoms with Gasteiger partial charge in [0.15, 0.2) is 6.29 Å². The first-order valence-corrected chi connectivity index (χ1v) is 13.0. The fourth-order valence-electron chi connectivity index (χ4n) is 5.08. The Balaban J connectivity index is 1.44. The third-order valence-electron chi connectivity index (χ3n) is 6.85. The van der Waals surface area contributed by atoms with Gasteiger partial charge < -0.3 is 23.8 Å². The number of nitrogens with zero attached hydrogens (tertiary/aromatic N) is 3. The molecule has 0 bridgehead atoms. The van der Waals surface area contributed by atoms with E-state index in [9.17, 15) is 4.79 Å². The maximum absolute atomic E-state index is 12.4. The Labute approximate surface area is 205 Å². The van der Waals surface area contributed by atoms with Gasteiger partial charge in [-0.1, -0.05) is 0 Å². The van der Waals surface area contributed by atoms with Crippen LogP contribution in [0.15, 0.2) is 6.33 Å². The van der Waals surface area contributed by atoms with Crippen molar-refractivity contribution >= 4 is 27.6 Å². The Morgan fingerprint density at radius 2 is 1.85 bits per heavy atom. The molecule has 0 saturated heterocycles. The third kappa shape index (κ3) is 5.47. The highest BCUT2D eigenvalue weighted by atomic mass is 32.1. The average molecular weight is 492 g/mol. The maximum Gasteiger partial charge on any atom is 0.410 e. The van der Waals surface area contributed by atoms with Crippen molar-refractivity contribution in [2.24, 2.45) is 0 Å². The monoisotopic (exact) mass is 491 g/mol. The van der Waals surface area contributed by atoms with Crippen molar-refractivity contribution in [3.05, 3.63) is 16.8 Å². The second-order valence-electron chi connectivity index (χ2n) is 10.3. The Morgan fingerprint density at radius 3 is 2.50 bits per heavy atom. The first-order chi connectivity index (χ1) is 16.2. The lowest BCUT2D eigenvalue weighted by atomic mass is 9.92. The van der Waals surface area contributed by atoms with Crippen molar-refractivity contribution in [3.8, 4) is 5.88 Å². The van der Waals surface area contributed by atoms with Crippen LogP contribution in [0.1, 0.15) is 75.7 Å². The van der Waals surface area contributed by atoms with Crippen LogP contribution in [0.25, 0.3) is 10.2 Å². The first-order valence-electron chi connectivity index (χ1n) is 12.1. The number of ether oxygens (including phenoxy) is 4. The van der Waals surface area contributed by atoms with E-state index in [1.165, 1.54) is 10.4 Å². The number of amides is 1. The molecule has 2 aliphatic carbocycles. The molecule has 1 unspecified atom stereocenters. The zero-order valence-electron chi connectivity index (χ0n) is 21.1. The van der Waals surface area contributed by atoms with Crippen LogP contribution in [0.4, 0.5) is 4.79 Å². The van der Waals surface area contributed by atoms with Gasteiger partial charge in [0.2, 0.25) is 5.88 Å². The second-order valence-corrected chi connectivity index (χ2v) is 11.4. The van der Waals surface area contributed by atoms with E-state index in [4.69, 9.17) is 18.9 Å². The van der Waals surface area contributed by atoms with Gasteiger partial charge in [0.05, 0.1) is 5.39 Å². The zero-order valence-corrected chi connectivity index (χ0v) is 21.9. The van der Waals surface area contributed by atoms with Crippen LogP contribution in [0.5, 0.6) is 5.88 Å². The molecule has 188 valence electrons. The summed E-state index contributed by atoms with van der Waals surface area (Å²) < 4.78 is 23.0. The van der Waals surface area contributed by atoms with Crippen molar-refractivity contribution in [1.82, 2.24) is 14.9 Å². The van der Waals surface area contributed by atoms with Gasteiger partial charge in [0.1, 0.15) is 22.9 Å². The predicted molar refractivity (Wildman–Crippen MR) is 132 cm³/mol. The van der Waals surface area contributed by atoms with Crippen LogP contribution in [-0.4, -0.2) is 66.3 Å². The number of hydrogen-bond donors (Lipinski definition) is 0. The van der Waals surface area contributed by atoms with Gasteiger partial charge in [0.25, 0.3) is 0 Å². The Bertz CT molecular complexity index is 992. The lowest BCUT2D eigenvalue weighted by Crippen LogP contribution is -2.43. The van der Waals surface area contributed by atoms with Crippen molar-refractivity contribution < 1.29 is 23.7 Å². The van der Waals surface area contributed by atoms with Gasteiger partial charge in [-0.3, -0.25) is 0 Å². The molecule has 2 aromatic rings. The van der Waals surface area contributed by atoms with Gasteiger partial charge in [-0.25, -0.2) is 14.8 Å². The smallest absolute Gasteiger partial charge is 0.410 e. The summed E-state index contributed by atoms with van der Waals surface area (Å²) in [4.78, 5) is 25.6. The Hall–Kier alpha value is -1.97. The number of hydrogen-bond acceptors (Lipinski definition) is 8. The summed E-state index contributed by atoms with van der Waals surface area (Å²) in [7, 11) is 5.20. The quantitative estimate of drug-likeness (QED) is 0.487. The molecule has 8 nitrogen and oxygen atoms in total. The maximum atomic E-state index is 12.4. The molecule has 0 aromatic carbocycles. The number of methoxy groups -OCH3 is 2. The highest BCUT2D eigenvalue weighted by molar-refractivity contribution is 7.19. The lowest BCUT2D eigenvalue weighted by Gasteiger charge is -2.35. The molecule has 4 rings (SSSR count). The molecular formula is C25H37N3O5S. The molecular weight excluding hydrogens is 454 g/mol. The average Bonchev–Trinajstić information content (AvgIpc) is 3.36. The van der Waals surface area contributed by atoms with Crippen LogP contribution in [0.2, 0.25) is 0 Å². The van der Waals surface area contributed by atoms with Crippen molar-refractivity contribution in [2.75, 3.05) is 21.3 Å². The van der Waals surface area contributed by atoms with Crippen molar-refractivity contribution in [2.45, 2.75) is 95.7 Å². The van der Waals surface area contributed by atoms with Gasteiger partial charge in [-0.15, -0.1) is 11.3 Å². The minimum Gasteiger partial charge on any atom is -0.474 e. The highest BCUT2D eigenvalue weighted by Gasteiger charge is 2.34. The predicted octanol–water partition coefficient (Wildman–Crippen LogP) is 5.29. The molecule has 1 atom stereocenters. The normalized spacial score (nSPS) is 22.7. The SMILES string of the molecule is COC(CC1CCc2sc3ncnc(OC4CCC(N(C)C(=O)OC(C)(C)C)CC4)c3c21)OC.